The lowest BCUT2D eigenvalue weighted by molar-refractivity contribution is 0.413. The van der Waals surface area contributed by atoms with Crippen LogP contribution in [0.3, 0.4) is 0 Å². The zero-order chi connectivity index (χ0) is 13.7. The first-order valence-corrected chi connectivity index (χ1v) is 7.64. The summed E-state index contributed by atoms with van der Waals surface area (Å²) in [6.45, 7) is 3.05. The van der Waals surface area contributed by atoms with Crippen molar-refractivity contribution in [3.8, 4) is 5.75 Å². The van der Waals surface area contributed by atoms with Gasteiger partial charge in [0, 0.05) is 6.04 Å². The molecule has 0 aliphatic rings. The second-order valence-corrected chi connectivity index (χ2v) is 5.53. The van der Waals surface area contributed by atoms with Crippen molar-refractivity contribution in [1.29, 1.82) is 0 Å². The molecule has 19 heavy (non-hydrogen) atoms. The molecule has 4 heteroatoms. The van der Waals surface area contributed by atoms with Gasteiger partial charge in [0.15, 0.2) is 0 Å². The Balaban J connectivity index is 2.22. The minimum Gasteiger partial charge on any atom is -0.495 e. The van der Waals surface area contributed by atoms with Gasteiger partial charge in [-0.1, -0.05) is 24.6 Å². The summed E-state index contributed by atoms with van der Waals surface area (Å²) in [6.07, 6.45) is 0.974. The Morgan fingerprint density at radius 3 is 2.84 bits per heavy atom. The number of thiophene rings is 1. The van der Waals surface area contributed by atoms with Gasteiger partial charge in [-0.3, -0.25) is 0 Å². The molecule has 1 atom stereocenters. The monoisotopic (exact) mass is 295 g/mol. The topological polar surface area (TPSA) is 21.3 Å². The Kier molecular flexibility index (Phi) is 5.25. The van der Waals surface area contributed by atoms with E-state index in [4.69, 9.17) is 16.3 Å². The molecule has 0 bridgehead atoms. The molecule has 0 spiro atoms. The van der Waals surface area contributed by atoms with Crippen molar-refractivity contribution in [2.24, 2.45) is 0 Å². The second kappa shape index (κ2) is 6.94. The van der Waals surface area contributed by atoms with Gasteiger partial charge >= 0.3 is 0 Å². The molecule has 102 valence electrons. The van der Waals surface area contributed by atoms with Gasteiger partial charge in [-0.15, -0.1) is 0 Å². The van der Waals surface area contributed by atoms with Crippen LogP contribution in [-0.4, -0.2) is 13.7 Å². The fourth-order valence-corrected chi connectivity index (χ4v) is 2.97. The highest BCUT2D eigenvalue weighted by Gasteiger charge is 2.13. The Hall–Kier alpha value is -1.03. The average molecular weight is 296 g/mol. The molecule has 1 N–H and O–H groups in total. The van der Waals surface area contributed by atoms with E-state index in [2.05, 4.69) is 35.1 Å². The van der Waals surface area contributed by atoms with Crippen LogP contribution in [0.1, 0.15) is 24.1 Å². The average Bonchev–Trinajstić information content (AvgIpc) is 2.92. The smallest absolute Gasteiger partial charge is 0.137 e. The Bertz CT molecular complexity index is 513. The van der Waals surface area contributed by atoms with E-state index >= 15 is 0 Å². The zero-order valence-corrected chi connectivity index (χ0v) is 12.7. The molecule has 1 heterocycles. The van der Waals surface area contributed by atoms with E-state index in [1.54, 1.807) is 18.4 Å². The molecule has 0 fully saturated rings. The van der Waals surface area contributed by atoms with Crippen molar-refractivity contribution >= 4 is 22.9 Å². The Labute approximate surface area is 123 Å². The highest BCUT2D eigenvalue weighted by molar-refractivity contribution is 7.07. The van der Waals surface area contributed by atoms with Gasteiger partial charge < -0.3 is 10.1 Å². The first-order valence-electron chi connectivity index (χ1n) is 6.32. The molecule has 0 saturated heterocycles. The van der Waals surface area contributed by atoms with Crippen LogP contribution >= 0.6 is 22.9 Å². The number of likely N-dealkylation sites (N-methyl/N-ethyl adjacent to an activating group) is 1. The zero-order valence-electron chi connectivity index (χ0n) is 11.2. The molecule has 1 unspecified atom stereocenters. The van der Waals surface area contributed by atoms with E-state index in [0.717, 1.165) is 18.7 Å². The summed E-state index contributed by atoms with van der Waals surface area (Å²) in [7, 11) is 1.64. The summed E-state index contributed by atoms with van der Waals surface area (Å²) in [5.41, 5.74) is 2.55. The maximum Gasteiger partial charge on any atom is 0.137 e. The molecule has 0 aliphatic heterocycles. The number of halogens is 1. The van der Waals surface area contributed by atoms with E-state index in [0.29, 0.717) is 5.02 Å². The van der Waals surface area contributed by atoms with Crippen LogP contribution in [-0.2, 0) is 6.42 Å². The molecule has 0 saturated carbocycles. The minimum atomic E-state index is 0.283. The van der Waals surface area contributed by atoms with E-state index in [-0.39, 0.29) is 6.04 Å². The number of ether oxygens (including phenoxy) is 1. The lowest BCUT2D eigenvalue weighted by atomic mass is 10.00. The molecule has 0 aliphatic carbocycles. The number of nitrogens with one attached hydrogen (secondary N) is 1. The maximum absolute atomic E-state index is 6.08. The first kappa shape index (κ1) is 14.4. The quantitative estimate of drug-likeness (QED) is 0.858. The first-order chi connectivity index (χ1) is 9.24. The molecule has 2 nitrogen and oxygen atoms in total. The highest BCUT2D eigenvalue weighted by Crippen LogP contribution is 2.29. The predicted octanol–water partition coefficient (Wildman–Crippen LogP) is 4.30. The van der Waals surface area contributed by atoms with Crippen LogP contribution < -0.4 is 10.1 Å². The normalized spacial score (nSPS) is 12.4. The van der Waals surface area contributed by atoms with Crippen LogP contribution in [0.4, 0.5) is 0 Å². The van der Waals surface area contributed by atoms with Gasteiger partial charge in [-0.25, -0.2) is 0 Å². The van der Waals surface area contributed by atoms with Gasteiger partial charge in [0.1, 0.15) is 5.75 Å². The number of benzene rings is 1. The molecule has 0 radical (unpaired) electrons. The number of rotatable bonds is 6. The summed E-state index contributed by atoms with van der Waals surface area (Å²) >= 11 is 7.81. The fourth-order valence-electron chi connectivity index (χ4n) is 2.09. The van der Waals surface area contributed by atoms with Crippen LogP contribution in [0.5, 0.6) is 5.75 Å². The van der Waals surface area contributed by atoms with E-state index in [1.165, 1.54) is 11.1 Å². The number of methoxy groups -OCH3 is 1. The molecule has 2 aromatic rings. The lowest BCUT2D eigenvalue weighted by Gasteiger charge is -2.19. The summed E-state index contributed by atoms with van der Waals surface area (Å²) in [5.74, 6) is 0.729. The summed E-state index contributed by atoms with van der Waals surface area (Å²) in [4.78, 5) is 0. The van der Waals surface area contributed by atoms with Gasteiger partial charge in [-0.05, 0) is 53.1 Å². The van der Waals surface area contributed by atoms with Crippen LogP contribution in [0.15, 0.2) is 35.0 Å². The summed E-state index contributed by atoms with van der Waals surface area (Å²) < 4.78 is 5.29. The van der Waals surface area contributed by atoms with Crippen LogP contribution in [0, 0.1) is 0 Å². The van der Waals surface area contributed by atoms with Crippen molar-refractivity contribution in [3.05, 3.63) is 51.2 Å². The van der Waals surface area contributed by atoms with Gasteiger partial charge in [-0.2, -0.15) is 11.3 Å². The van der Waals surface area contributed by atoms with E-state index in [9.17, 15) is 0 Å². The lowest BCUT2D eigenvalue weighted by Crippen LogP contribution is -2.22. The SMILES string of the molecule is CCNC(Cc1ccsc1)c1ccc(Cl)c(OC)c1. The standard InChI is InChI=1S/C15H18ClNOS/c1-3-17-14(8-11-6-7-19-10-11)12-4-5-13(16)15(9-12)18-2/h4-7,9-10,14,17H,3,8H2,1-2H3. The predicted molar refractivity (Wildman–Crippen MR) is 82.4 cm³/mol. The van der Waals surface area contributed by atoms with Crippen molar-refractivity contribution in [1.82, 2.24) is 5.32 Å². The third kappa shape index (κ3) is 3.72. The molecule has 0 amide bonds. The van der Waals surface area contributed by atoms with Crippen molar-refractivity contribution in [2.45, 2.75) is 19.4 Å². The van der Waals surface area contributed by atoms with Crippen molar-refractivity contribution in [3.63, 3.8) is 0 Å². The third-order valence-corrected chi connectivity index (χ3v) is 4.09. The fraction of sp³-hybridized carbons (Fsp3) is 0.333. The van der Waals surface area contributed by atoms with Gasteiger partial charge in [0.05, 0.1) is 12.1 Å². The number of hydrogen-bond donors (Lipinski definition) is 1. The summed E-state index contributed by atoms with van der Waals surface area (Å²) in [5, 5.41) is 8.47. The third-order valence-electron chi connectivity index (χ3n) is 3.05. The largest absolute Gasteiger partial charge is 0.495 e. The van der Waals surface area contributed by atoms with Gasteiger partial charge in [0.2, 0.25) is 0 Å². The van der Waals surface area contributed by atoms with Crippen LogP contribution in [0.2, 0.25) is 5.02 Å². The maximum atomic E-state index is 6.08. The Morgan fingerprint density at radius 1 is 1.37 bits per heavy atom. The van der Waals surface area contributed by atoms with E-state index in [1.807, 2.05) is 12.1 Å². The van der Waals surface area contributed by atoms with Gasteiger partial charge in [0.25, 0.3) is 0 Å². The number of hydrogen-bond acceptors (Lipinski definition) is 3. The minimum absolute atomic E-state index is 0.283. The van der Waals surface area contributed by atoms with E-state index < -0.39 is 0 Å². The summed E-state index contributed by atoms with van der Waals surface area (Å²) in [6, 6.07) is 8.42. The van der Waals surface area contributed by atoms with Crippen LogP contribution in [0.25, 0.3) is 0 Å². The molecule has 1 aromatic carbocycles. The van der Waals surface area contributed by atoms with Crippen molar-refractivity contribution < 1.29 is 4.74 Å². The second-order valence-electron chi connectivity index (χ2n) is 4.34. The Morgan fingerprint density at radius 2 is 2.21 bits per heavy atom. The molecule has 1 aromatic heterocycles. The highest BCUT2D eigenvalue weighted by atomic mass is 35.5. The molecular formula is C15H18ClNOS. The molecular weight excluding hydrogens is 278 g/mol. The van der Waals surface area contributed by atoms with Crippen molar-refractivity contribution in [2.75, 3.05) is 13.7 Å². The molecule has 2 rings (SSSR count).